The molecule has 0 saturated carbocycles. The Hall–Kier alpha value is 1.21. The van der Waals surface area contributed by atoms with E-state index in [2.05, 4.69) is 137 Å². The van der Waals surface area contributed by atoms with E-state index >= 15 is 0 Å². The van der Waals surface area contributed by atoms with Crippen LogP contribution in [-0.4, -0.2) is 0 Å². The summed E-state index contributed by atoms with van der Waals surface area (Å²) < 4.78 is 0. The summed E-state index contributed by atoms with van der Waals surface area (Å²) in [7, 11) is 2.82. The predicted molar refractivity (Wildman–Crippen MR) is 153 cm³/mol. The molecule has 1 atom stereocenters. The van der Waals surface area contributed by atoms with Gasteiger partial charge in [0.25, 0.3) is 0 Å². The summed E-state index contributed by atoms with van der Waals surface area (Å²) in [6.45, 7) is 24.7. The van der Waals surface area contributed by atoms with Crippen LogP contribution in [0.2, 0.25) is 0 Å². The third-order valence-electron chi connectivity index (χ3n) is 6.06. The molecule has 2 rings (SSSR count). The SMILES string of the molecule is CC(C)c1cc(C(C)C)c([PH3+])c(C(C)C)c1.C[C]1C(C)=C(C)C(C)=C1C.[I][Rh][I]. The molecule has 0 aromatic heterocycles. The Bertz CT molecular complexity index is 677. The van der Waals surface area contributed by atoms with Gasteiger partial charge in [-0.3, -0.25) is 0 Å². The van der Waals surface area contributed by atoms with E-state index in [4.69, 9.17) is 0 Å². The Kier molecular flexibility index (Phi) is 15.0. The molecule has 4 heteroatoms. The molecule has 1 aromatic carbocycles. The number of halogens is 2. The van der Waals surface area contributed by atoms with Crippen molar-refractivity contribution < 1.29 is 10.1 Å². The number of hydrogen-bond donors (Lipinski definition) is 0. The zero-order chi connectivity index (χ0) is 23.0. The Morgan fingerprint density at radius 2 is 0.966 bits per heavy atom. The zero-order valence-electron chi connectivity index (χ0n) is 20.2. The minimum absolute atomic E-state index is 0.624. The predicted octanol–water partition coefficient (Wildman–Crippen LogP) is 9.33. The van der Waals surface area contributed by atoms with Crippen LogP contribution in [0.5, 0.6) is 0 Å². The summed E-state index contributed by atoms with van der Waals surface area (Å²) in [5.74, 6) is 3.35. The van der Waals surface area contributed by atoms with Gasteiger partial charge in [0, 0.05) is 15.2 Å². The summed E-state index contributed by atoms with van der Waals surface area (Å²) >= 11 is 4.69. The molecule has 1 radical (unpaired) electrons. The Morgan fingerprint density at radius 3 is 1.14 bits per heavy atom. The number of hydrogen-bond acceptors (Lipinski definition) is 0. The topological polar surface area (TPSA) is 0 Å². The molecule has 0 nitrogen and oxygen atoms in total. The monoisotopic (exact) mass is 729 g/mol. The summed E-state index contributed by atoms with van der Waals surface area (Å²) in [6.07, 6.45) is 0. The summed E-state index contributed by atoms with van der Waals surface area (Å²) in [5.41, 5.74) is 10.4. The van der Waals surface area contributed by atoms with Gasteiger partial charge in [0.05, 0.1) is 5.30 Å². The van der Waals surface area contributed by atoms with Gasteiger partial charge in [-0.1, -0.05) is 71.7 Å². The van der Waals surface area contributed by atoms with Crippen molar-refractivity contribution in [1.29, 1.82) is 0 Å². The minimum atomic E-state index is 0.624. The second-order valence-corrected chi connectivity index (χ2v) is 22.2. The molecule has 0 saturated heterocycles. The van der Waals surface area contributed by atoms with Crippen molar-refractivity contribution in [2.75, 3.05) is 0 Å². The maximum absolute atomic E-state index is 2.41. The fourth-order valence-electron chi connectivity index (χ4n) is 3.51. The van der Waals surface area contributed by atoms with E-state index in [1.54, 1.807) is 0 Å². The van der Waals surface area contributed by atoms with Gasteiger partial charge in [0.2, 0.25) is 0 Å². The van der Waals surface area contributed by atoms with Crippen molar-refractivity contribution in [1.82, 2.24) is 0 Å². The first-order valence-corrected chi connectivity index (χ1v) is 20.8. The van der Waals surface area contributed by atoms with E-state index in [0.717, 1.165) is 10.1 Å². The van der Waals surface area contributed by atoms with E-state index in [1.807, 2.05) is 0 Å². The van der Waals surface area contributed by atoms with E-state index < -0.39 is 0 Å². The van der Waals surface area contributed by atoms with Crippen LogP contribution in [0.4, 0.5) is 0 Å². The second-order valence-electron chi connectivity index (χ2n) is 8.81. The average molecular weight is 729 g/mol. The van der Waals surface area contributed by atoms with Crippen LogP contribution in [0.15, 0.2) is 34.4 Å². The normalized spacial score (nSPS) is 14.8. The van der Waals surface area contributed by atoms with Crippen LogP contribution in [0, 0.1) is 5.92 Å². The molecule has 1 unspecified atom stereocenters. The van der Waals surface area contributed by atoms with Gasteiger partial charge in [0.15, 0.2) is 0 Å². The molecule has 0 fully saturated rings. The van der Waals surface area contributed by atoms with Crippen LogP contribution >= 0.6 is 48.7 Å². The van der Waals surface area contributed by atoms with Gasteiger partial charge in [-0.15, -0.1) is 0 Å². The fraction of sp³-hybridized carbons (Fsp3) is 0.560. The quantitative estimate of drug-likeness (QED) is 0.165. The maximum atomic E-state index is 2.41. The molecule has 1 aliphatic rings. The van der Waals surface area contributed by atoms with Gasteiger partial charge in [0.1, 0.15) is 0 Å². The van der Waals surface area contributed by atoms with Crippen molar-refractivity contribution in [3.05, 3.63) is 57.0 Å². The average Bonchev–Trinajstić information content (AvgIpc) is 2.80. The summed E-state index contributed by atoms with van der Waals surface area (Å²) in [6, 6.07) is 4.81. The van der Waals surface area contributed by atoms with Crippen LogP contribution in [-0.2, 0) is 10.1 Å². The molecule has 1 aromatic rings. The molecule has 0 spiro atoms. The number of benzene rings is 1. The Balaban J connectivity index is 0.000000514. The second kappa shape index (κ2) is 14.4. The van der Waals surface area contributed by atoms with Crippen LogP contribution in [0.1, 0.15) is 111 Å². The summed E-state index contributed by atoms with van der Waals surface area (Å²) in [4.78, 5) is 0. The first-order chi connectivity index (χ1) is 13.3. The van der Waals surface area contributed by atoms with Crippen molar-refractivity contribution >= 4 is 54.0 Å². The molecule has 0 N–H and O–H groups in total. The Morgan fingerprint density at radius 1 is 0.655 bits per heavy atom. The van der Waals surface area contributed by atoms with E-state index in [-0.39, 0.29) is 0 Å². The molecule has 0 aliphatic heterocycles. The van der Waals surface area contributed by atoms with Gasteiger partial charge < -0.3 is 0 Å². The van der Waals surface area contributed by atoms with Crippen molar-refractivity contribution in [3.8, 4) is 0 Å². The van der Waals surface area contributed by atoms with Crippen LogP contribution in [0.3, 0.4) is 0 Å². The molecule has 168 valence electrons. The molecule has 1 aliphatic carbocycles. The molecule has 29 heavy (non-hydrogen) atoms. The first-order valence-electron chi connectivity index (χ1n) is 10.3. The number of allylic oxidation sites excluding steroid dienone is 4. The molecular weight excluding hydrogens is 688 g/mol. The van der Waals surface area contributed by atoms with E-state index in [1.165, 1.54) is 50.2 Å². The first kappa shape index (κ1) is 30.2. The third kappa shape index (κ3) is 8.93. The van der Waals surface area contributed by atoms with Crippen molar-refractivity contribution in [2.24, 2.45) is 0 Å². The van der Waals surface area contributed by atoms with Gasteiger partial charge in [-0.25, -0.2) is 0 Å². The molecule has 0 amide bonds. The van der Waals surface area contributed by atoms with Crippen LogP contribution < -0.4 is 5.30 Å². The van der Waals surface area contributed by atoms with Gasteiger partial charge in [-0.2, -0.15) is 0 Å². The Labute approximate surface area is 213 Å². The van der Waals surface area contributed by atoms with E-state index in [9.17, 15) is 0 Å². The molecular formula is C25H41I2PRh+. The zero-order valence-corrected chi connectivity index (χ0v) is 27.6. The van der Waals surface area contributed by atoms with Gasteiger partial charge in [-0.05, 0) is 73.3 Å². The van der Waals surface area contributed by atoms with Crippen LogP contribution in [0.25, 0.3) is 0 Å². The summed E-state index contributed by atoms with van der Waals surface area (Å²) in [5, 5.41) is 1.52. The van der Waals surface area contributed by atoms with Gasteiger partial charge >= 0.3 is 49.6 Å². The van der Waals surface area contributed by atoms with E-state index in [0.29, 0.717) is 17.8 Å². The fourth-order valence-corrected chi connectivity index (χ4v) is 4.53. The standard InChI is InChI=1S/C15H25P.C10H15.2HI.Rh/c1-9(2)12-7-13(10(3)4)15(16)14(8-12)11(5)6;1-6-7(2)9(4)10(5)8(6)3;;;/h7-11H,16H2,1-6H3;1-5H3;2*1H;/q;;;;+2/p-1. The number of rotatable bonds is 3. The van der Waals surface area contributed by atoms with Crippen molar-refractivity contribution in [3.63, 3.8) is 0 Å². The van der Waals surface area contributed by atoms with Crippen molar-refractivity contribution in [2.45, 2.75) is 93.9 Å². The molecule has 0 bridgehead atoms. The third-order valence-corrected chi connectivity index (χ3v) is 6.88. The molecule has 0 heterocycles.